The molecule has 5 nitrogen and oxygen atoms in total. The van der Waals surface area contributed by atoms with Crippen LogP contribution >= 0.6 is 0 Å². The fourth-order valence-electron chi connectivity index (χ4n) is 3.67. The van der Waals surface area contributed by atoms with Crippen molar-refractivity contribution in [2.24, 2.45) is 5.92 Å². The van der Waals surface area contributed by atoms with Crippen molar-refractivity contribution in [3.05, 3.63) is 63.3 Å². The lowest BCUT2D eigenvalue weighted by Crippen LogP contribution is -2.42. The van der Waals surface area contributed by atoms with Crippen LogP contribution < -0.4 is 5.56 Å². The van der Waals surface area contributed by atoms with E-state index >= 15 is 0 Å². The molecule has 1 saturated heterocycles. The molecular weight excluding hydrogens is 371 g/mol. The average Bonchev–Trinajstić information content (AvgIpc) is 2.66. The molecule has 1 N–H and O–H groups in total. The molecule has 8 heteroatoms. The highest BCUT2D eigenvalue weighted by atomic mass is 19.4. The summed E-state index contributed by atoms with van der Waals surface area (Å²) in [6, 6.07) is 5.60. The van der Waals surface area contributed by atoms with Crippen molar-refractivity contribution in [3.63, 3.8) is 0 Å². The van der Waals surface area contributed by atoms with Gasteiger partial charge in [-0.05, 0) is 50.2 Å². The molecule has 1 atom stereocenters. The molecule has 28 heavy (non-hydrogen) atoms. The van der Waals surface area contributed by atoms with Gasteiger partial charge in [-0.15, -0.1) is 0 Å². The summed E-state index contributed by atoms with van der Waals surface area (Å²) in [6.07, 6.45) is -0.631. The van der Waals surface area contributed by atoms with Gasteiger partial charge in [-0.25, -0.2) is 4.98 Å². The maximum Gasteiger partial charge on any atom is 0.416 e. The number of nitrogens with one attached hydrogen (secondary N) is 1. The number of nitrogens with zero attached hydrogens (tertiary/aromatic N) is 2. The summed E-state index contributed by atoms with van der Waals surface area (Å²) < 4.78 is 39.4. The molecule has 3 rings (SSSR count). The van der Waals surface area contributed by atoms with E-state index in [-0.39, 0.29) is 23.0 Å². The number of amides is 1. The Hall–Kier alpha value is -2.64. The van der Waals surface area contributed by atoms with E-state index in [1.807, 2.05) is 0 Å². The molecule has 1 aliphatic rings. The van der Waals surface area contributed by atoms with Gasteiger partial charge in [0.15, 0.2) is 0 Å². The fourth-order valence-corrected chi connectivity index (χ4v) is 3.67. The maximum absolute atomic E-state index is 13.1. The molecule has 0 spiro atoms. The Balaban J connectivity index is 1.66. The number of benzene rings is 1. The summed E-state index contributed by atoms with van der Waals surface area (Å²) in [7, 11) is 0. The van der Waals surface area contributed by atoms with E-state index in [1.54, 1.807) is 17.9 Å². The smallest absolute Gasteiger partial charge is 0.338 e. The van der Waals surface area contributed by atoms with Gasteiger partial charge in [0, 0.05) is 19.3 Å². The van der Waals surface area contributed by atoms with E-state index < -0.39 is 17.3 Å². The second kappa shape index (κ2) is 8.16. The molecule has 150 valence electrons. The van der Waals surface area contributed by atoms with Gasteiger partial charge in [0.1, 0.15) is 11.4 Å². The highest BCUT2D eigenvalue weighted by molar-refractivity contribution is 5.93. The first-order valence-corrected chi connectivity index (χ1v) is 9.26. The normalized spacial score (nSPS) is 17.6. The molecule has 1 amide bonds. The van der Waals surface area contributed by atoms with Crippen molar-refractivity contribution < 1.29 is 18.0 Å². The average molecular weight is 393 g/mol. The second-order valence-electron chi connectivity index (χ2n) is 7.16. The predicted molar refractivity (Wildman–Crippen MR) is 98.0 cm³/mol. The van der Waals surface area contributed by atoms with Crippen molar-refractivity contribution in [2.45, 2.75) is 38.8 Å². The number of aromatic amines is 1. The summed E-state index contributed by atoms with van der Waals surface area (Å²) in [5, 5.41) is 0. The summed E-state index contributed by atoms with van der Waals surface area (Å²) >= 11 is 0. The van der Waals surface area contributed by atoms with Crippen LogP contribution in [0.4, 0.5) is 13.2 Å². The van der Waals surface area contributed by atoms with Crippen molar-refractivity contribution in [2.75, 3.05) is 13.1 Å². The number of rotatable bonds is 4. The lowest BCUT2D eigenvalue weighted by atomic mass is 9.90. The van der Waals surface area contributed by atoms with Gasteiger partial charge < -0.3 is 9.88 Å². The number of alkyl halides is 3. The first kappa shape index (κ1) is 20.1. The Labute approximate surface area is 160 Å². The number of hydrogen-bond donors (Lipinski definition) is 1. The molecule has 1 aromatic carbocycles. The summed E-state index contributed by atoms with van der Waals surface area (Å²) in [6.45, 7) is 2.59. The van der Waals surface area contributed by atoms with Crippen LogP contribution in [0.1, 0.15) is 46.6 Å². The third-order valence-corrected chi connectivity index (χ3v) is 5.11. The van der Waals surface area contributed by atoms with Crippen LogP contribution in [0.25, 0.3) is 0 Å². The molecule has 1 fully saturated rings. The zero-order valence-electron chi connectivity index (χ0n) is 15.6. The summed E-state index contributed by atoms with van der Waals surface area (Å²) in [5.41, 5.74) is -0.805. The van der Waals surface area contributed by atoms with E-state index in [0.29, 0.717) is 31.8 Å². The van der Waals surface area contributed by atoms with Gasteiger partial charge in [-0.3, -0.25) is 9.59 Å². The third kappa shape index (κ3) is 4.61. The number of H-pyrrole nitrogens is 1. The molecule has 2 aromatic rings. The maximum atomic E-state index is 13.1. The number of likely N-dealkylation sites (tertiary alicyclic amines) is 1. The first-order valence-electron chi connectivity index (χ1n) is 9.26. The minimum absolute atomic E-state index is 0.00586. The summed E-state index contributed by atoms with van der Waals surface area (Å²) in [5.74, 6) is 0.145. The number of hydrogen-bond acceptors (Lipinski definition) is 3. The Morgan fingerprint density at radius 1 is 1.32 bits per heavy atom. The van der Waals surface area contributed by atoms with Gasteiger partial charge in [-0.1, -0.05) is 18.2 Å². The Morgan fingerprint density at radius 3 is 2.79 bits per heavy atom. The Kier molecular flexibility index (Phi) is 5.86. The van der Waals surface area contributed by atoms with E-state index in [0.717, 1.165) is 18.9 Å². The Bertz CT molecular complexity index is 908. The number of aryl methyl sites for hydroxylation is 2. The Morgan fingerprint density at radius 2 is 2.07 bits per heavy atom. The zero-order valence-corrected chi connectivity index (χ0v) is 15.6. The second-order valence-corrected chi connectivity index (χ2v) is 7.16. The van der Waals surface area contributed by atoms with Crippen molar-refractivity contribution in [1.29, 1.82) is 0 Å². The summed E-state index contributed by atoms with van der Waals surface area (Å²) in [4.78, 5) is 32.7. The molecule has 2 heterocycles. The van der Waals surface area contributed by atoms with E-state index in [9.17, 15) is 22.8 Å². The highest BCUT2D eigenvalue weighted by Crippen LogP contribution is 2.33. The number of piperidine rings is 1. The quantitative estimate of drug-likeness (QED) is 0.864. The largest absolute Gasteiger partial charge is 0.416 e. The van der Waals surface area contributed by atoms with Crippen molar-refractivity contribution in [1.82, 2.24) is 14.9 Å². The van der Waals surface area contributed by atoms with E-state index in [2.05, 4.69) is 9.97 Å². The third-order valence-electron chi connectivity index (χ3n) is 5.11. The molecule has 0 aliphatic carbocycles. The van der Waals surface area contributed by atoms with Crippen LogP contribution in [0.2, 0.25) is 0 Å². The van der Waals surface area contributed by atoms with Crippen LogP contribution in [0.5, 0.6) is 0 Å². The minimum Gasteiger partial charge on any atom is -0.338 e. The van der Waals surface area contributed by atoms with Crippen LogP contribution in [0.15, 0.2) is 35.3 Å². The van der Waals surface area contributed by atoms with Gasteiger partial charge >= 0.3 is 6.18 Å². The molecular formula is C20H22F3N3O2. The predicted octanol–water partition coefficient (Wildman–Crippen LogP) is 3.58. The standard InChI is InChI=1S/C20H22F3N3O2/c1-13-24-11-16(18(27)25-13)19(28)26-10-4-5-14(12-26)8-9-15-6-2-3-7-17(15)20(21,22)23/h2-3,6-7,11,14H,4-5,8-10,12H2,1H3,(H,24,25,27)/t14-/m0/s1. The highest BCUT2D eigenvalue weighted by Gasteiger charge is 2.33. The van der Waals surface area contributed by atoms with Crippen molar-refractivity contribution >= 4 is 5.91 Å². The minimum atomic E-state index is -4.37. The van der Waals surface area contributed by atoms with Gasteiger partial charge in [0.2, 0.25) is 0 Å². The first-order chi connectivity index (χ1) is 13.3. The van der Waals surface area contributed by atoms with Crippen LogP contribution in [-0.4, -0.2) is 33.9 Å². The fraction of sp³-hybridized carbons (Fsp3) is 0.450. The van der Waals surface area contributed by atoms with Gasteiger partial charge in [0.05, 0.1) is 5.56 Å². The number of halogens is 3. The number of carbonyl (C=O) groups is 1. The molecule has 1 aliphatic heterocycles. The molecule has 0 saturated carbocycles. The van der Waals surface area contributed by atoms with E-state index in [4.69, 9.17) is 0 Å². The van der Waals surface area contributed by atoms with Crippen LogP contribution in [-0.2, 0) is 12.6 Å². The number of aromatic nitrogens is 2. The monoisotopic (exact) mass is 393 g/mol. The van der Waals surface area contributed by atoms with Crippen LogP contribution in [0.3, 0.4) is 0 Å². The number of carbonyl (C=O) groups excluding carboxylic acids is 1. The molecule has 0 unspecified atom stereocenters. The molecule has 0 bridgehead atoms. The lowest BCUT2D eigenvalue weighted by molar-refractivity contribution is -0.138. The van der Waals surface area contributed by atoms with Crippen molar-refractivity contribution in [3.8, 4) is 0 Å². The van der Waals surface area contributed by atoms with E-state index in [1.165, 1.54) is 18.3 Å². The van der Waals surface area contributed by atoms with Gasteiger partial charge in [0.25, 0.3) is 11.5 Å². The molecule has 1 aromatic heterocycles. The van der Waals surface area contributed by atoms with Crippen LogP contribution in [0, 0.1) is 12.8 Å². The van der Waals surface area contributed by atoms with Gasteiger partial charge in [-0.2, -0.15) is 13.2 Å². The molecule has 0 radical (unpaired) electrons. The lowest BCUT2D eigenvalue weighted by Gasteiger charge is -2.32. The zero-order chi connectivity index (χ0) is 20.3. The topological polar surface area (TPSA) is 66.1 Å². The SMILES string of the molecule is Cc1ncc(C(=O)N2CCC[C@@H](CCc3ccccc3C(F)(F)F)C2)c(=O)[nH]1.